The minimum Gasteiger partial charge on any atom is -0.346 e. The number of hydrogen-bond donors (Lipinski definition) is 1. The molecule has 1 fully saturated rings. The molecule has 0 spiro atoms. The number of rotatable bonds is 2. The molecule has 0 saturated carbocycles. The molecule has 4 heteroatoms. The first-order chi connectivity index (χ1) is 11.1. The maximum Gasteiger partial charge on any atom is 0.185 e. The van der Waals surface area contributed by atoms with Crippen molar-refractivity contribution in [3.63, 3.8) is 0 Å². The fraction of sp³-hybridized carbons (Fsp3) is 0.526. The van der Waals surface area contributed by atoms with Gasteiger partial charge in [0.25, 0.3) is 0 Å². The van der Waals surface area contributed by atoms with Gasteiger partial charge in [0.1, 0.15) is 0 Å². The number of benzene rings is 1. The molecule has 2 aliphatic rings. The van der Waals surface area contributed by atoms with Gasteiger partial charge in [-0.2, -0.15) is 0 Å². The van der Waals surface area contributed by atoms with Crippen molar-refractivity contribution in [2.75, 3.05) is 31.1 Å². The molecule has 0 amide bonds. The Morgan fingerprint density at radius 3 is 2.87 bits per heavy atom. The SMILES string of the molecule is CC1(C)CCCc2ccc(-c3csc(N4CCNCC4)n3)cc21. The van der Waals surface area contributed by atoms with Crippen molar-refractivity contribution in [3.8, 4) is 11.3 Å². The molecule has 3 nitrogen and oxygen atoms in total. The third-order valence-corrected chi connectivity index (χ3v) is 6.16. The van der Waals surface area contributed by atoms with Crippen LogP contribution in [0.5, 0.6) is 0 Å². The third kappa shape index (κ3) is 2.90. The third-order valence-electron chi connectivity index (χ3n) is 5.26. The summed E-state index contributed by atoms with van der Waals surface area (Å²) >= 11 is 1.78. The van der Waals surface area contributed by atoms with E-state index in [1.165, 1.54) is 41.1 Å². The van der Waals surface area contributed by atoms with Gasteiger partial charge >= 0.3 is 0 Å². The quantitative estimate of drug-likeness (QED) is 0.908. The van der Waals surface area contributed by atoms with Gasteiger partial charge in [-0.3, -0.25) is 0 Å². The molecule has 122 valence electrons. The van der Waals surface area contributed by atoms with E-state index in [1.54, 1.807) is 11.3 Å². The van der Waals surface area contributed by atoms with Crippen molar-refractivity contribution < 1.29 is 0 Å². The van der Waals surface area contributed by atoms with Gasteiger partial charge in [-0.25, -0.2) is 4.98 Å². The number of aryl methyl sites for hydroxylation is 1. The largest absolute Gasteiger partial charge is 0.346 e. The van der Waals surface area contributed by atoms with Crippen LogP contribution >= 0.6 is 11.3 Å². The molecule has 1 aliphatic heterocycles. The summed E-state index contributed by atoms with van der Waals surface area (Å²) in [5.74, 6) is 0. The van der Waals surface area contributed by atoms with Crippen molar-refractivity contribution in [3.05, 3.63) is 34.7 Å². The first-order valence-corrected chi connectivity index (χ1v) is 9.56. The average molecular weight is 327 g/mol. The number of piperazine rings is 1. The van der Waals surface area contributed by atoms with Gasteiger partial charge in [-0.05, 0) is 41.9 Å². The number of thiazole rings is 1. The van der Waals surface area contributed by atoms with Crippen LogP contribution in [0.15, 0.2) is 23.6 Å². The second-order valence-corrected chi connectivity index (χ2v) is 8.20. The van der Waals surface area contributed by atoms with Crippen LogP contribution in [-0.2, 0) is 11.8 Å². The molecular weight excluding hydrogens is 302 g/mol. The van der Waals surface area contributed by atoms with Crippen LogP contribution in [0, 0.1) is 0 Å². The maximum atomic E-state index is 4.92. The number of nitrogens with one attached hydrogen (secondary N) is 1. The van der Waals surface area contributed by atoms with E-state index < -0.39 is 0 Å². The van der Waals surface area contributed by atoms with Gasteiger partial charge in [0, 0.05) is 37.1 Å². The van der Waals surface area contributed by atoms with Crippen LogP contribution < -0.4 is 10.2 Å². The Hall–Kier alpha value is -1.39. The van der Waals surface area contributed by atoms with Gasteiger partial charge in [0.2, 0.25) is 0 Å². The van der Waals surface area contributed by atoms with Crippen LogP contribution in [0.2, 0.25) is 0 Å². The molecule has 0 atom stereocenters. The normalized spacial score (nSPS) is 20.3. The Bertz CT molecular complexity index is 698. The summed E-state index contributed by atoms with van der Waals surface area (Å²) in [4.78, 5) is 7.31. The zero-order valence-electron chi connectivity index (χ0n) is 14.1. The molecule has 1 aromatic carbocycles. The fourth-order valence-electron chi connectivity index (χ4n) is 3.84. The summed E-state index contributed by atoms with van der Waals surface area (Å²) in [5, 5.41) is 6.78. The average Bonchev–Trinajstić information content (AvgIpc) is 3.05. The summed E-state index contributed by atoms with van der Waals surface area (Å²) < 4.78 is 0. The molecule has 2 heterocycles. The summed E-state index contributed by atoms with van der Waals surface area (Å²) in [6.07, 6.45) is 3.82. The molecule has 2 aromatic rings. The van der Waals surface area contributed by atoms with E-state index in [9.17, 15) is 0 Å². The zero-order chi connectivity index (χ0) is 15.9. The first-order valence-electron chi connectivity index (χ1n) is 8.68. The lowest BCUT2D eigenvalue weighted by atomic mass is 9.72. The van der Waals surface area contributed by atoms with Crippen LogP contribution in [-0.4, -0.2) is 31.2 Å². The van der Waals surface area contributed by atoms with Gasteiger partial charge < -0.3 is 10.2 Å². The van der Waals surface area contributed by atoms with E-state index in [0.29, 0.717) is 5.41 Å². The zero-order valence-corrected chi connectivity index (χ0v) is 14.9. The number of fused-ring (bicyclic) bond motifs is 1. The highest BCUT2D eigenvalue weighted by Crippen LogP contribution is 2.39. The monoisotopic (exact) mass is 327 g/mol. The summed E-state index contributed by atoms with van der Waals surface area (Å²) in [6, 6.07) is 6.98. The first kappa shape index (κ1) is 15.2. The minimum atomic E-state index is 0.293. The van der Waals surface area contributed by atoms with Crippen molar-refractivity contribution in [2.24, 2.45) is 0 Å². The van der Waals surface area contributed by atoms with Crippen molar-refractivity contribution in [1.82, 2.24) is 10.3 Å². The van der Waals surface area contributed by atoms with Crippen molar-refractivity contribution >= 4 is 16.5 Å². The lowest BCUT2D eigenvalue weighted by Gasteiger charge is -2.32. The van der Waals surface area contributed by atoms with Crippen LogP contribution in [0.25, 0.3) is 11.3 Å². The lowest BCUT2D eigenvalue weighted by molar-refractivity contribution is 0.432. The van der Waals surface area contributed by atoms with Crippen molar-refractivity contribution in [2.45, 2.75) is 38.5 Å². The maximum absolute atomic E-state index is 4.92. The second-order valence-electron chi connectivity index (χ2n) is 7.36. The Morgan fingerprint density at radius 2 is 2.04 bits per heavy atom. The van der Waals surface area contributed by atoms with Gasteiger partial charge in [-0.1, -0.05) is 26.0 Å². The molecule has 4 rings (SSSR count). The highest BCUT2D eigenvalue weighted by Gasteiger charge is 2.27. The molecule has 0 bridgehead atoms. The Morgan fingerprint density at radius 1 is 1.22 bits per heavy atom. The van der Waals surface area contributed by atoms with Crippen LogP contribution in [0.4, 0.5) is 5.13 Å². The highest BCUT2D eigenvalue weighted by molar-refractivity contribution is 7.14. The molecular formula is C19H25N3S. The molecule has 1 N–H and O–H groups in total. The van der Waals surface area contributed by atoms with E-state index in [2.05, 4.69) is 47.6 Å². The predicted octanol–water partition coefficient (Wildman–Crippen LogP) is 3.83. The van der Waals surface area contributed by atoms with Gasteiger partial charge in [0.05, 0.1) is 5.69 Å². The van der Waals surface area contributed by atoms with E-state index >= 15 is 0 Å². The van der Waals surface area contributed by atoms with Crippen LogP contribution in [0.1, 0.15) is 37.8 Å². The molecule has 23 heavy (non-hydrogen) atoms. The van der Waals surface area contributed by atoms with Crippen LogP contribution in [0.3, 0.4) is 0 Å². The molecule has 1 saturated heterocycles. The van der Waals surface area contributed by atoms with E-state index in [-0.39, 0.29) is 0 Å². The summed E-state index contributed by atoms with van der Waals surface area (Å²) in [7, 11) is 0. The number of nitrogens with zero attached hydrogens (tertiary/aromatic N) is 2. The second kappa shape index (κ2) is 5.91. The summed E-state index contributed by atoms with van der Waals surface area (Å²) in [6.45, 7) is 8.99. The smallest absolute Gasteiger partial charge is 0.185 e. The lowest BCUT2D eigenvalue weighted by Crippen LogP contribution is -2.43. The molecule has 0 unspecified atom stereocenters. The highest BCUT2D eigenvalue weighted by atomic mass is 32.1. The Labute approximate surface area is 142 Å². The number of hydrogen-bond acceptors (Lipinski definition) is 4. The Kier molecular flexibility index (Phi) is 3.90. The van der Waals surface area contributed by atoms with Gasteiger partial charge in [0.15, 0.2) is 5.13 Å². The topological polar surface area (TPSA) is 28.2 Å². The number of anilines is 1. The fourth-order valence-corrected chi connectivity index (χ4v) is 4.73. The number of aromatic nitrogens is 1. The van der Waals surface area contributed by atoms with E-state index in [1.807, 2.05) is 0 Å². The molecule has 1 aromatic heterocycles. The Balaban J connectivity index is 1.65. The van der Waals surface area contributed by atoms with Crippen molar-refractivity contribution in [1.29, 1.82) is 0 Å². The minimum absolute atomic E-state index is 0.293. The summed E-state index contributed by atoms with van der Waals surface area (Å²) in [5.41, 5.74) is 5.76. The molecule has 1 aliphatic carbocycles. The molecule has 0 radical (unpaired) electrons. The standard InChI is InChI=1S/C19H25N3S/c1-19(2)7-3-4-14-5-6-15(12-16(14)19)17-13-23-18(21-17)22-10-8-20-9-11-22/h5-6,12-13,20H,3-4,7-11H2,1-2H3. The predicted molar refractivity (Wildman–Crippen MR) is 98.6 cm³/mol. The van der Waals surface area contributed by atoms with E-state index in [4.69, 9.17) is 4.98 Å². The van der Waals surface area contributed by atoms with Gasteiger partial charge in [-0.15, -0.1) is 11.3 Å². The van der Waals surface area contributed by atoms with E-state index in [0.717, 1.165) is 31.9 Å².